The van der Waals surface area contributed by atoms with Crippen molar-refractivity contribution in [1.82, 2.24) is 9.97 Å². The van der Waals surface area contributed by atoms with Crippen molar-refractivity contribution in [1.29, 1.82) is 0 Å². The van der Waals surface area contributed by atoms with Crippen molar-refractivity contribution in [3.63, 3.8) is 0 Å². The fourth-order valence-corrected chi connectivity index (χ4v) is 2.08. The first kappa shape index (κ1) is 14.7. The highest BCUT2D eigenvalue weighted by atomic mass is 16.6. The molecule has 0 radical (unpaired) electrons. The van der Waals surface area contributed by atoms with Crippen molar-refractivity contribution in [2.45, 2.75) is 0 Å². The van der Waals surface area contributed by atoms with E-state index in [4.69, 9.17) is 5.11 Å². The van der Waals surface area contributed by atoms with E-state index in [-0.39, 0.29) is 24.2 Å². The molecule has 0 aliphatic heterocycles. The normalized spacial score (nSPS) is 10.5. The van der Waals surface area contributed by atoms with Gasteiger partial charge in [0.1, 0.15) is 5.69 Å². The maximum Gasteiger partial charge on any atom is 0.293 e. The maximum absolute atomic E-state index is 11.7. The van der Waals surface area contributed by atoms with E-state index in [0.717, 1.165) is 0 Å². The summed E-state index contributed by atoms with van der Waals surface area (Å²) in [6.07, 6.45) is 2.82. The van der Waals surface area contributed by atoms with Crippen molar-refractivity contribution in [2.24, 2.45) is 0 Å². The van der Waals surface area contributed by atoms with Crippen LogP contribution in [0.5, 0.6) is 0 Å². The molecule has 0 fully saturated rings. The molecule has 2 rings (SSSR count). The zero-order valence-corrected chi connectivity index (χ0v) is 11.2. The van der Waals surface area contributed by atoms with E-state index in [1.54, 1.807) is 11.0 Å². The van der Waals surface area contributed by atoms with Crippen molar-refractivity contribution in [2.75, 3.05) is 24.6 Å². The van der Waals surface area contributed by atoms with Crippen molar-refractivity contribution in [3.05, 3.63) is 51.6 Å². The number of nitrogens with zero attached hydrogens (tertiary/aromatic N) is 3. The molecule has 0 bridgehead atoms. The summed E-state index contributed by atoms with van der Waals surface area (Å²) in [6, 6.07) is 2.67. The fraction of sp³-hybridized carbons (Fsp3) is 0.231. The monoisotopic (exact) mass is 290 g/mol. The molecule has 0 spiro atoms. The van der Waals surface area contributed by atoms with Gasteiger partial charge in [0.2, 0.25) is 0 Å². The molecule has 110 valence electrons. The van der Waals surface area contributed by atoms with Crippen LogP contribution in [0, 0.1) is 10.1 Å². The second-order valence-electron chi connectivity index (χ2n) is 4.31. The first-order valence-electron chi connectivity index (χ1n) is 6.21. The first-order valence-corrected chi connectivity index (χ1v) is 6.21. The van der Waals surface area contributed by atoms with Crippen LogP contribution in [0.3, 0.4) is 0 Å². The van der Waals surface area contributed by atoms with Crippen LogP contribution in [-0.4, -0.2) is 39.7 Å². The summed E-state index contributed by atoms with van der Waals surface area (Å²) in [5, 5.41) is 20.5. The minimum Gasteiger partial charge on any atom is -0.395 e. The van der Waals surface area contributed by atoms with E-state index in [0.29, 0.717) is 17.7 Å². The largest absolute Gasteiger partial charge is 0.395 e. The molecule has 1 aromatic carbocycles. The predicted octanol–water partition coefficient (Wildman–Crippen LogP) is 0.816. The first-order chi connectivity index (χ1) is 10.1. The van der Waals surface area contributed by atoms with E-state index in [1.807, 2.05) is 0 Å². The maximum atomic E-state index is 11.7. The van der Waals surface area contributed by atoms with Crippen LogP contribution in [0.25, 0.3) is 10.9 Å². The lowest BCUT2D eigenvalue weighted by atomic mass is 10.1. The Morgan fingerprint density at radius 1 is 1.52 bits per heavy atom. The Morgan fingerprint density at radius 3 is 2.90 bits per heavy atom. The minimum absolute atomic E-state index is 0.149. The molecule has 1 aromatic heterocycles. The molecule has 0 amide bonds. The molecule has 0 saturated carbocycles. The van der Waals surface area contributed by atoms with E-state index >= 15 is 0 Å². The van der Waals surface area contributed by atoms with Gasteiger partial charge in [0.25, 0.3) is 11.2 Å². The van der Waals surface area contributed by atoms with Crippen molar-refractivity contribution < 1.29 is 10.0 Å². The number of nitrogens with one attached hydrogen (secondary N) is 1. The molecule has 2 aromatic rings. The molecule has 0 saturated heterocycles. The zero-order chi connectivity index (χ0) is 15.4. The molecular weight excluding hydrogens is 276 g/mol. The Balaban J connectivity index is 2.70. The number of aliphatic hydroxyl groups excluding tert-OH is 1. The third-order valence-electron chi connectivity index (χ3n) is 2.99. The quantitative estimate of drug-likeness (QED) is 0.462. The topological polar surface area (TPSA) is 112 Å². The summed E-state index contributed by atoms with van der Waals surface area (Å²) in [4.78, 5) is 30.4. The molecule has 1 heterocycles. The number of anilines is 1. The lowest BCUT2D eigenvalue weighted by Gasteiger charge is -2.22. The van der Waals surface area contributed by atoms with Crippen molar-refractivity contribution >= 4 is 22.3 Å². The molecule has 0 unspecified atom stereocenters. The van der Waals surface area contributed by atoms with E-state index in [9.17, 15) is 14.9 Å². The number of aromatic amines is 1. The van der Waals surface area contributed by atoms with Gasteiger partial charge in [-0.1, -0.05) is 6.08 Å². The van der Waals surface area contributed by atoms with Crippen LogP contribution in [0.1, 0.15) is 0 Å². The number of aliphatic hydroxyl groups is 1. The van der Waals surface area contributed by atoms with Gasteiger partial charge < -0.3 is 15.0 Å². The summed E-state index contributed by atoms with van der Waals surface area (Å²) in [6.45, 7) is 3.97. The van der Waals surface area contributed by atoms with Gasteiger partial charge >= 0.3 is 0 Å². The number of fused-ring (bicyclic) bond motifs is 1. The Kier molecular flexibility index (Phi) is 4.29. The van der Waals surface area contributed by atoms with Crippen LogP contribution in [-0.2, 0) is 0 Å². The van der Waals surface area contributed by atoms with Crippen LogP contribution < -0.4 is 10.5 Å². The number of rotatable bonds is 6. The predicted molar refractivity (Wildman–Crippen MR) is 78.5 cm³/mol. The van der Waals surface area contributed by atoms with Gasteiger partial charge in [-0.25, -0.2) is 4.98 Å². The van der Waals surface area contributed by atoms with Crippen molar-refractivity contribution in [3.8, 4) is 0 Å². The summed E-state index contributed by atoms with van der Waals surface area (Å²) < 4.78 is 0. The third-order valence-corrected chi connectivity index (χ3v) is 2.99. The number of H-pyrrole nitrogens is 1. The lowest BCUT2D eigenvalue weighted by Crippen LogP contribution is -2.27. The SMILES string of the molecule is C=CCN(CCO)c1cc2nc[nH]c(=O)c2cc1[N+](=O)[O-]. The van der Waals surface area contributed by atoms with Crippen LogP contribution in [0.2, 0.25) is 0 Å². The summed E-state index contributed by atoms with van der Waals surface area (Å²) >= 11 is 0. The number of hydrogen-bond donors (Lipinski definition) is 2. The van der Waals surface area contributed by atoms with Gasteiger partial charge in [-0.05, 0) is 6.07 Å². The summed E-state index contributed by atoms with van der Waals surface area (Å²) in [7, 11) is 0. The minimum atomic E-state index is -0.561. The number of hydrogen-bond acceptors (Lipinski definition) is 6. The highest BCUT2D eigenvalue weighted by Gasteiger charge is 2.21. The van der Waals surface area contributed by atoms with Gasteiger partial charge in [-0.15, -0.1) is 6.58 Å². The Hall–Kier alpha value is -2.74. The molecule has 8 heteroatoms. The van der Waals surface area contributed by atoms with Crippen LogP contribution >= 0.6 is 0 Å². The number of nitro groups is 1. The summed E-state index contributed by atoms with van der Waals surface area (Å²) in [5.41, 5.74) is -0.00530. The van der Waals surface area contributed by atoms with Gasteiger partial charge in [-0.3, -0.25) is 14.9 Å². The standard InChI is InChI=1S/C13H14N4O4/c1-2-3-16(4-5-18)11-7-10-9(6-12(11)17(20)21)13(19)15-8-14-10/h2,6-8,18H,1,3-5H2,(H,14,15,19). The Bertz CT molecular complexity index is 741. The smallest absolute Gasteiger partial charge is 0.293 e. The zero-order valence-electron chi connectivity index (χ0n) is 11.2. The molecule has 21 heavy (non-hydrogen) atoms. The van der Waals surface area contributed by atoms with Crippen LogP contribution in [0.4, 0.5) is 11.4 Å². The molecule has 2 N–H and O–H groups in total. The fourth-order valence-electron chi connectivity index (χ4n) is 2.08. The second kappa shape index (κ2) is 6.14. The van der Waals surface area contributed by atoms with Crippen LogP contribution in [0.15, 0.2) is 35.9 Å². The average Bonchev–Trinajstić information content (AvgIpc) is 2.46. The highest BCUT2D eigenvalue weighted by molar-refractivity contribution is 5.87. The molecule has 0 aliphatic carbocycles. The molecule has 0 atom stereocenters. The van der Waals surface area contributed by atoms with E-state index in [1.165, 1.54) is 18.5 Å². The lowest BCUT2D eigenvalue weighted by molar-refractivity contribution is -0.384. The van der Waals surface area contributed by atoms with E-state index in [2.05, 4.69) is 16.5 Å². The van der Waals surface area contributed by atoms with Gasteiger partial charge in [-0.2, -0.15) is 0 Å². The number of benzene rings is 1. The van der Waals surface area contributed by atoms with E-state index < -0.39 is 10.5 Å². The van der Waals surface area contributed by atoms with Gasteiger partial charge in [0.15, 0.2) is 0 Å². The molecule has 8 nitrogen and oxygen atoms in total. The number of aromatic nitrogens is 2. The van der Waals surface area contributed by atoms with Gasteiger partial charge in [0, 0.05) is 19.2 Å². The third kappa shape index (κ3) is 2.90. The van der Waals surface area contributed by atoms with Gasteiger partial charge in [0.05, 0.1) is 28.8 Å². The molecule has 0 aliphatic rings. The Morgan fingerprint density at radius 2 is 2.29 bits per heavy atom. The summed E-state index contributed by atoms with van der Waals surface area (Å²) in [5.74, 6) is 0. The Labute approximate surface area is 119 Å². The molecular formula is C13H14N4O4. The highest BCUT2D eigenvalue weighted by Crippen LogP contribution is 2.31. The second-order valence-corrected chi connectivity index (χ2v) is 4.31. The number of nitro benzene ring substituents is 1. The average molecular weight is 290 g/mol.